The molecular formula is C24H20N6OS. The van der Waals surface area contributed by atoms with Gasteiger partial charge >= 0.3 is 0 Å². The number of Topliss-reactive ketones (excluding diaryl/α,β-unsaturated/α-hetero) is 1. The highest BCUT2D eigenvalue weighted by Gasteiger charge is 2.29. The molecule has 1 aliphatic heterocycles. The first kappa shape index (κ1) is 19.2. The lowest BCUT2D eigenvalue weighted by atomic mass is 9.84. The molecule has 1 aliphatic carbocycles. The van der Waals surface area contributed by atoms with Gasteiger partial charge in [-0.3, -0.25) is 9.79 Å². The second-order valence-corrected chi connectivity index (χ2v) is 9.30. The number of hydrogen-bond acceptors (Lipinski definition) is 8. The Morgan fingerprint density at radius 2 is 2.19 bits per heavy atom. The number of anilines is 2. The number of aliphatic imine (C=N–C) groups is 1. The number of carbonyl (C=O) groups is 1. The lowest BCUT2D eigenvalue weighted by Gasteiger charge is -2.21. The Balaban J connectivity index is 1.27. The monoisotopic (exact) mass is 440 g/mol. The van der Waals surface area contributed by atoms with Gasteiger partial charge in [0.25, 0.3) is 0 Å². The highest BCUT2D eigenvalue weighted by Crippen LogP contribution is 2.40. The molecule has 0 radical (unpaired) electrons. The van der Waals surface area contributed by atoms with Crippen molar-refractivity contribution in [1.29, 1.82) is 0 Å². The summed E-state index contributed by atoms with van der Waals surface area (Å²) in [5.41, 5.74) is 5.39. The largest absolute Gasteiger partial charge is 0.340 e. The van der Waals surface area contributed by atoms with Crippen molar-refractivity contribution >= 4 is 45.1 Å². The van der Waals surface area contributed by atoms with E-state index in [0.29, 0.717) is 6.42 Å². The summed E-state index contributed by atoms with van der Waals surface area (Å²) < 4.78 is 0. The van der Waals surface area contributed by atoms with E-state index in [9.17, 15) is 4.79 Å². The van der Waals surface area contributed by atoms with Crippen LogP contribution >= 0.6 is 11.3 Å². The average molecular weight is 441 g/mol. The minimum absolute atomic E-state index is 0.0120. The molecule has 1 unspecified atom stereocenters. The first-order valence-electron chi connectivity index (χ1n) is 10.7. The zero-order chi connectivity index (χ0) is 21.5. The molecule has 0 saturated heterocycles. The second kappa shape index (κ2) is 7.87. The van der Waals surface area contributed by atoms with Crippen LogP contribution in [0.5, 0.6) is 0 Å². The van der Waals surface area contributed by atoms with Gasteiger partial charge in [-0.1, -0.05) is 6.07 Å². The molecule has 0 bridgehead atoms. The first-order valence-corrected chi connectivity index (χ1v) is 11.5. The van der Waals surface area contributed by atoms with Crippen molar-refractivity contribution in [1.82, 2.24) is 20.2 Å². The van der Waals surface area contributed by atoms with Crippen LogP contribution in [0.15, 0.2) is 47.8 Å². The molecule has 2 aliphatic rings. The van der Waals surface area contributed by atoms with E-state index in [2.05, 4.69) is 48.7 Å². The number of rotatable bonds is 5. The zero-order valence-electron chi connectivity index (χ0n) is 17.3. The van der Waals surface area contributed by atoms with Gasteiger partial charge in [-0.25, -0.2) is 9.97 Å². The summed E-state index contributed by atoms with van der Waals surface area (Å²) in [5, 5.41) is 12.5. The van der Waals surface area contributed by atoms with Crippen LogP contribution in [0.25, 0.3) is 10.2 Å². The lowest BCUT2D eigenvalue weighted by Crippen LogP contribution is -2.23. The maximum absolute atomic E-state index is 12.9. The van der Waals surface area contributed by atoms with Crippen molar-refractivity contribution in [2.45, 2.75) is 32.2 Å². The van der Waals surface area contributed by atoms with E-state index in [1.165, 1.54) is 16.0 Å². The summed E-state index contributed by atoms with van der Waals surface area (Å²) >= 11 is 1.68. The number of benzene rings is 1. The molecule has 3 aromatic heterocycles. The third-order valence-corrected chi connectivity index (χ3v) is 7.35. The number of ketones is 1. The fourth-order valence-corrected chi connectivity index (χ4v) is 5.81. The molecule has 0 spiro atoms. The summed E-state index contributed by atoms with van der Waals surface area (Å²) in [6.45, 7) is 0.752. The smallest absolute Gasteiger partial charge is 0.142 e. The third kappa shape index (κ3) is 3.46. The normalized spacial score (nSPS) is 16.7. The number of nitrogens with one attached hydrogen (secondary N) is 1. The minimum atomic E-state index is 0.0120. The molecule has 0 saturated carbocycles. The van der Waals surface area contributed by atoms with Gasteiger partial charge in [-0.2, -0.15) is 10.2 Å². The first-order chi connectivity index (χ1) is 15.7. The van der Waals surface area contributed by atoms with Crippen LogP contribution in [-0.2, 0) is 30.6 Å². The molecule has 7 nitrogen and oxygen atoms in total. The molecule has 8 heteroatoms. The number of nitrogens with zero attached hydrogens (tertiary/aromatic N) is 5. The van der Waals surface area contributed by atoms with E-state index >= 15 is 0 Å². The van der Waals surface area contributed by atoms with Gasteiger partial charge < -0.3 is 5.32 Å². The van der Waals surface area contributed by atoms with Crippen molar-refractivity contribution in [3.05, 3.63) is 70.1 Å². The number of aryl methyl sites for hydroxylation is 1. The van der Waals surface area contributed by atoms with Crippen molar-refractivity contribution < 1.29 is 4.79 Å². The average Bonchev–Trinajstić information content (AvgIpc) is 3.43. The fourth-order valence-electron chi connectivity index (χ4n) is 4.55. The van der Waals surface area contributed by atoms with E-state index in [0.717, 1.165) is 58.8 Å². The Morgan fingerprint density at radius 1 is 1.22 bits per heavy atom. The SMILES string of the molecule is O=C(Cc1cccnn1)C1CCc2c(sc3ncnc(Nc4ccc5c(c4)C=NC5)c23)C1. The molecule has 1 N–H and O–H groups in total. The van der Waals surface area contributed by atoms with E-state index < -0.39 is 0 Å². The van der Waals surface area contributed by atoms with Crippen LogP contribution in [0.1, 0.15) is 33.7 Å². The maximum Gasteiger partial charge on any atom is 0.142 e. The van der Waals surface area contributed by atoms with Gasteiger partial charge in [0.2, 0.25) is 0 Å². The number of thiophene rings is 1. The summed E-state index contributed by atoms with van der Waals surface area (Å²) in [5.74, 6) is 1.07. The third-order valence-electron chi connectivity index (χ3n) is 6.18. The zero-order valence-corrected chi connectivity index (χ0v) is 18.1. The van der Waals surface area contributed by atoms with Crippen LogP contribution in [-0.4, -0.2) is 32.2 Å². The molecule has 0 fully saturated rings. The van der Waals surface area contributed by atoms with Gasteiger partial charge in [-0.05, 0) is 60.2 Å². The number of hydrogen-bond donors (Lipinski definition) is 1. The van der Waals surface area contributed by atoms with Crippen LogP contribution < -0.4 is 5.32 Å². The van der Waals surface area contributed by atoms with E-state index in [1.807, 2.05) is 18.3 Å². The van der Waals surface area contributed by atoms with Crippen LogP contribution in [0.2, 0.25) is 0 Å². The molecule has 1 atom stereocenters. The molecule has 4 aromatic rings. The minimum Gasteiger partial charge on any atom is -0.340 e. The molecule has 0 amide bonds. The van der Waals surface area contributed by atoms with Crippen molar-refractivity contribution in [2.75, 3.05) is 5.32 Å². The molecule has 32 heavy (non-hydrogen) atoms. The van der Waals surface area contributed by atoms with Crippen molar-refractivity contribution in [2.24, 2.45) is 10.9 Å². The number of aromatic nitrogens is 4. The van der Waals surface area contributed by atoms with Crippen LogP contribution in [0, 0.1) is 5.92 Å². The van der Waals surface area contributed by atoms with Gasteiger partial charge in [-0.15, -0.1) is 11.3 Å². The Bertz CT molecular complexity index is 1360. The van der Waals surface area contributed by atoms with Gasteiger partial charge in [0.05, 0.1) is 24.0 Å². The molecular weight excluding hydrogens is 420 g/mol. The molecule has 1 aromatic carbocycles. The van der Waals surface area contributed by atoms with Gasteiger partial charge in [0.1, 0.15) is 22.8 Å². The predicted molar refractivity (Wildman–Crippen MR) is 125 cm³/mol. The van der Waals surface area contributed by atoms with Crippen LogP contribution in [0.3, 0.4) is 0 Å². The lowest BCUT2D eigenvalue weighted by molar-refractivity contribution is -0.122. The van der Waals surface area contributed by atoms with E-state index in [-0.39, 0.29) is 11.7 Å². The maximum atomic E-state index is 12.9. The predicted octanol–water partition coefficient (Wildman–Crippen LogP) is 4.07. The van der Waals surface area contributed by atoms with Crippen LogP contribution in [0.4, 0.5) is 11.5 Å². The summed E-state index contributed by atoms with van der Waals surface area (Å²) in [6.07, 6.45) is 7.93. The Kier molecular flexibility index (Phi) is 4.72. The van der Waals surface area contributed by atoms with E-state index in [1.54, 1.807) is 23.9 Å². The number of fused-ring (bicyclic) bond motifs is 4. The number of carbonyl (C=O) groups excluding carboxylic acids is 1. The molecule has 158 valence electrons. The summed E-state index contributed by atoms with van der Waals surface area (Å²) in [7, 11) is 0. The highest BCUT2D eigenvalue weighted by atomic mass is 32.1. The molecule has 6 rings (SSSR count). The Labute approximate surface area is 188 Å². The quantitative estimate of drug-likeness (QED) is 0.503. The van der Waals surface area contributed by atoms with Crippen molar-refractivity contribution in [3.8, 4) is 0 Å². The van der Waals surface area contributed by atoms with Gasteiger partial charge in [0, 0.05) is 28.9 Å². The van der Waals surface area contributed by atoms with E-state index in [4.69, 9.17) is 0 Å². The second-order valence-electron chi connectivity index (χ2n) is 8.21. The highest BCUT2D eigenvalue weighted by molar-refractivity contribution is 7.19. The fraction of sp³-hybridized carbons (Fsp3) is 0.250. The van der Waals surface area contributed by atoms with Crippen molar-refractivity contribution in [3.63, 3.8) is 0 Å². The molecule has 4 heterocycles. The Morgan fingerprint density at radius 3 is 3.09 bits per heavy atom. The van der Waals surface area contributed by atoms with Gasteiger partial charge in [0.15, 0.2) is 0 Å². The Hall–Kier alpha value is -3.52. The standard InChI is InChI=1S/C24H20N6OS/c31-20(10-18-2-1-7-28-30-18)14-4-6-19-21(9-14)32-24-22(19)23(26-13-27-24)29-17-5-3-15-11-25-12-16(15)8-17/h1-3,5,7-8,12-14H,4,6,9-11H2,(H,26,27,29). The summed E-state index contributed by atoms with van der Waals surface area (Å²) in [6, 6.07) is 9.97. The topological polar surface area (TPSA) is 93.0 Å². The summed E-state index contributed by atoms with van der Waals surface area (Å²) in [4.78, 5) is 28.5.